The summed E-state index contributed by atoms with van der Waals surface area (Å²) in [6, 6.07) is 3.64. The second-order valence-electron chi connectivity index (χ2n) is 3.45. The van der Waals surface area contributed by atoms with E-state index in [-0.39, 0.29) is 57.1 Å². The molecule has 1 nitrogen and oxygen atoms in total. The van der Waals surface area contributed by atoms with E-state index in [1.54, 1.807) is 6.07 Å². The molecule has 0 saturated heterocycles. The molecule has 90 valence electrons. The summed E-state index contributed by atoms with van der Waals surface area (Å²) in [6.07, 6.45) is 0.795. The summed E-state index contributed by atoms with van der Waals surface area (Å²) in [7, 11) is 0. The largest absolute Gasteiger partial charge is 1.00 e. The van der Waals surface area contributed by atoms with E-state index >= 15 is 0 Å². The molecule has 7 heteroatoms. The Balaban J connectivity index is 0.00000256. The molecule has 0 fully saturated rings. The van der Waals surface area contributed by atoms with Crippen molar-refractivity contribution in [1.29, 1.82) is 0 Å². The van der Waals surface area contributed by atoms with Crippen LogP contribution in [0.1, 0.15) is 18.4 Å². The van der Waals surface area contributed by atoms with Crippen molar-refractivity contribution in [2.45, 2.75) is 19.1 Å². The van der Waals surface area contributed by atoms with Gasteiger partial charge in [-0.3, -0.25) is 0 Å². The Morgan fingerprint density at radius 2 is 1.94 bits per heavy atom. The number of halogens is 3. The van der Waals surface area contributed by atoms with E-state index < -0.39 is 12.4 Å². The quantitative estimate of drug-likeness (QED) is 0.725. The molecule has 0 atom stereocenters. The van der Waals surface area contributed by atoms with Crippen molar-refractivity contribution in [3.63, 3.8) is 0 Å². The number of furan rings is 1. The number of hydrogen-bond donors (Lipinski definition) is 0. The fourth-order valence-corrected chi connectivity index (χ4v) is 1.98. The van der Waals surface area contributed by atoms with E-state index in [4.69, 9.17) is 4.42 Å². The summed E-state index contributed by atoms with van der Waals surface area (Å²) in [5, 5.41) is 0. The SMILES string of the molecule is C=C(CSCc1ccc(CC)o1)[B-](F)(F)F.[K+]. The first kappa shape index (κ1) is 17.9. The van der Waals surface area contributed by atoms with Crippen LogP contribution in [0.2, 0.25) is 0 Å². The van der Waals surface area contributed by atoms with Crippen LogP contribution in [0.5, 0.6) is 0 Å². The van der Waals surface area contributed by atoms with Gasteiger partial charge in [0.2, 0.25) is 0 Å². The monoisotopic (exact) mass is 288 g/mol. The van der Waals surface area contributed by atoms with Crippen molar-refractivity contribution in [3.05, 3.63) is 35.7 Å². The molecule has 1 aromatic heterocycles. The smallest absolute Gasteiger partial charge is 0.465 e. The molecule has 17 heavy (non-hydrogen) atoms. The minimum Gasteiger partial charge on any atom is -0.465 e. The zero-order valence-corrected chi connectivity index (χ0v) is 14.0. The van der Waals surface area contributed by atoms with Gasteiger partial charge in [-0.2, -0.15) is 11.8 Å². The summed E-state index contributed by atoms with van der Waals surface area (Å²) in [4.78, 5) is 0. The topological polar surface area (TPSA) is 13.1 Å². The van der Waals surface area contributed by atoms with Crippen LogP contribution in [0.15, 0.2) is 28.6 Å². The van der Waals surface area contributed by atoms with E-state index in [0.29, 0.717) is 11.5 Å². The third-order valence-corrected chi connectivity index (χ3v) is 3.12. The van der Waals surface area contributed by atoms with Crippen LogP contribution < -0.4 is 51.4 Å². The van der Waals surface area contributed by atoms with Gasteiger partial charge >= 0.3 is 58.4 Å². The first-order valence-corrected chi connectivity index (χ1v) is 6.12. The molecular weight excluding hydrogens is 275 g/mol. The number of thioether (sulfide) groups is 1. The standard InChI is InChI=1S/C10H13BF3OS.K/c1-3-9-4-5-10(15-9)7-16-6-8(2)11(12,13)14;/h4-5H,2-3,6-7H2,1H3;/q-1;+1. The van der Waals surface area contributed by atoms with Crippen molar-refractivity contribution < 1.29 is 68.7 Å². The first-order valence-electron chi connectivity index (χ1n) is 4.96. The first-order chi connectivity index (χ1) is 7.43. The molecule has 0 amide bonds. The Labute approximate surface area is 146 Å². The van der Waals surface area contributed by atoms with E-state index in [2.05, 4.69) is 6.58 Å². The molecule has 0 aliphatic carbocycles. The summed E-state index contributed by atoms with van der Waals surface area (Å²) in [5.41, 5.74) is -0.646. The molecule has 0 aliphatic rings. The van der Waals surface area contributed by atoms with Gasteiger partial charge in [-0.15, -0.1) is 12.1 Å². The van der Waals surface area contributed by atoms with Crippen LogP contribution in [0.3, 0.4) is 0 Å². The summed E-state index contributed by atoms with van der Waals surface area (Å²) < 4.78 is 41.9. The fraction of sp³-hybridized carbons (Fsp3) is 0.400. The fourth-order valence-electron chi connectivity index (χ4n) is 1.07. The van der Waals surface area contributed by atoms with Crippen molar-refractivity contribution >= 4 is 18.7 Å². The maximum Gasteiger partial charge on any atom is 1.00 e. The van der Waals surface area contributed by atoms with Crippen molar-refractivity contribution in [2.24, 2.45) is 0 Å². The van der Waals surface area contributed by atoms with Crippen LogP contribution in [0.25, 0.3) is 0 Å². The van der Waals surface area contributed by atoms with Crippen LogP contribution in [0, 0.1) is 0 Å². The van der Waals surface area contributed by atoms with Crippen molar-refractivity contribution in [1.82, 2.24) is 0 Å². The van der Waals surface area contributed by atoms with Crippen LogP contribution in [0.4, 0.5) is 12.9 Å². The van der Waals surface area contributed by atoms with Crippen LogP contribution >= 0.6 is 11.8 Å². The van der Waals surface area contributed by atoms with Gasteiger partial charge in [-0.1, -0.05) is 6.92 Å². The minimum atomic E-state index is -4.90. The number of hydrogen-bond acceptors (Lipinski definition) is 2. The maximum atomic E-state index is 12.2. The Morgan fingerprint density at radius 3 is 2.41 bits per heavy atom. The predicted molar refractivity (Wildman–Crippen MR) is 62.5 cm³/mol. The third-order valence-electron chi connectivity index (χ3n) is 2.06. The van der Waals surface area contributed by atoms with E-state index in [1.165, 1.54) is 11.8 Å². The Kier molecular flexibility index (Phi) is 8.53. The van der Waals surface area contributed by atoms with Gasteiger partial charge in [-0.25, -0.2) is 0 Å². The summed E-state index contributed by atoms with van der Waals surface area (Å²) >= 11 is 1.17. The van der Waals surface area contributed by atoms with Gasteiger partial charge in [0.05, 0.1) is 5.75 Å². The third kappa shape index (κ3) is 6.54. The van der Waals surface area contributed by atoms with E-state index in [9.17, 15) is 12.9 Å². The Morgan fingerprint density at radius 1 is 1.35 bits per heavy atom. The van der Waals surface area contributed by atoms with Gasteiger partial charge in [0.1, 0.15) is 11.5 Å². The molecule has 0 N–H and O–H groups in total. The second kappa shape index (κ2) is 8.12. The minimum absolute atomic E-state index is 0. The second-order valence-corrected chi connectivity index (χ2v) is 4.43. The summed E-state index contributed by atoms with van der Waals surface area (Å²) in [6.45, 7) is 0.0932. The molecule has 0 saturated carbocycles. The average Bonchev–Trinajstić information content (AvgIpc) is 2.64. The average molecular weight is 288 g/mol. The molecule has 1 heterocycles. The zero-order valence-electron chi connectivity index (χ0n) is 10.0. The molecule has 0 spiro atoms. The number of aryl methyl sites for hydroxylation is 1. The zero-order chi connectivity index (χ0) is 12.2. The summed E-state index contributed by atoms with van der Waals surface area (Å²) in [5.74, 6) is 1.93. The molecule has 0 aliphatic heterocycles. The van der Waals surface area contributed by atoms with Gasteiger partial charge in [0, 0.05) is 6.42 Å². The van der Waals surface area contributed by atoms with Crippen molar-refractivity contribution in [3.8, 4) is 0 Å². The molecule has 1 aromatic rings. The van der Waals surface area contributed by atoms with Crippen LogP contribution in [-0.4, -0.2) is 12.7 Å². The van der Waals surface area contributed by atoms with E-state index in [1.807, 2.05) is 13.0 Å². The van der Waals surface area contributed by atoms with E-state index in [0.717, 1.165) is 12.2 Å². The maximum absolute atomic E-state index is 12.2. The molecular formula is C10H13BF3KOS. The number of rotatable bonds is 6. The Hall–Kier alpha value is 0.861. The van der Waals surface area contributed by atoms with Gasteiger partial charge in [-0.05, 0) is 17.9 Å². The van der Waals surface area contributed by atoms with Crippen molar-refractivity contribution in [2.75, 3.05) is 5.75 Å². The normalized spacial score (nSPS) is 11.1. The molecule has 0 bridgehead atoms. The molecule has 1 rings (SSSR count). The van der Waals surface area contributed by atoms with Gasteiger partial charge in [0.25, 0.3) is 0 Å². The van der Waals surface area contributed by atoms with Gasteiger partial charge in [0.15, 0.2) is 0 Å². The molecule has 0 unspecified atom stereocenters. The molecule has 0 radical (unpaired) electrons. The molecule has 0 aromatic carbocycles. The Bertz CT molecular complexity index is 365. The predicted octanol–water partition coefficient (Wildman–Crippen LogP) is 1.02. The van der Waals surface area contributed by atoms with Crippen LogP contribution in [-0.2, 0) is 12.2 Å². The van der Waals surface area contributed by atoms with Gasteiger partial charge < -0.3 is 17.4 Å².